The molecule has 4 heterocycles. The van der Waals surface area contributed by atoms with Crippen LogP contribution in [-0.4, -0.2) is 33.6 Å². The lowest BCUT2D eigenvalue weighted by Crippen LogP contribution is -2.43. The van der Waals surface area contributed by atoms with Gasteiger partial charge in [0.25, 0.3) is 5.91 Å². The van der Waals surface area contributed by atoms with Gasteiger partial charge in [0.2, 0.25) is 0 Å². The summed E-state index contributed by atoms with van der Waals surface area (Å²) in [6.45, 7) is 0.351. The van der Waals surface area contributed by atoms with Crippen LogP contribution in [0.25, 0.3) is 11.3 Å². The van der Waals surface area contributed by atoms with Crippen molar-refractivity contribution in [3.63, 3.8) is 0 Å². The smallest absolute Gasteiger partial charge is 0.297 e. The van der Waals surface area contributed by atoms with Gasteiger partial charge in [-0.25, -0.2) is 9.97 Å². The molecule has 1 atom stereocenters. The van der Waals surface area contributed by atoms with Crippen molar-refractivity contribution in [2.45, 2.75) is 19.1 Å². The van der Waals surface area contributed by atoms with E-state index in [2.05, 4.69) is 25.2 Å². The monoisotopic (exact) mass is 360 g/mol. The van der Waals surface area contributed by atoms with Gasteiger partial charge in [-0.2, -0.15) is 23.4 Å². The molecule has 2 aromatic rings. The molecule has 10 heteroatoms. The van der Waals surface area contributed by atoms with Crippen molar-refractivity contribution in [2.75, 3.05) is 11.4 Å². The maximum absolute atomic E-state index is 13.0. The van der Waals surface area contributed by atoms with Crippen molar-refractivity contribution in [3.05, 3.63) is 47.8 Å². The number of alkyl halides is 3. The van der Waals surface area contributed by atoms with Gasteiger partial charge >= 0.3 is 6.18 Å². The number of anilines is 1. The van der Waals surface area contributed by atoms with Crippen LogP contribution in [0, 0.1) is 6.92 Å². The Kier molecular flexibility index (Phi) is 3.56. The standard InChI is InChI=1S/C16H11F3N6O/c1-8-2-11(22-7-21-8)9-3-12-14(20-4-9)13-10(5-23-24-13)15(26)25(12)6-16(17,18)19/h2-5,7,13H,6H2,1H3. The Morgan fingerprint density at radius 1 is 1.19 bits per heavy atom. The predicted octanol–water partition coefficient (Wildman–Crippen LogP) is 3.15. The van der Waals surface area contributed by atoms with Crippen molar-refractivity contribution in [3.8, 4) is 11.3 Å². The van der Waals surface area contributed by atoms with Crippen molar-refractivity contribution in [1.82, 2.24) is 15.0 Å². The number of aromatic nitrogens is 3. The van der Waals surface area contributed by atoms with E-state index in [0.29, 0.717) is 21.9 Å². The normalized spacial score (nSPS) is 18.6. The number of fused-ring (bicyclic) bond motifs is 3. The first-order chi connectivity index (χ1) is 12.3. The third kappa shape index (κ3) is 2.72. The minimum Gasteiger partial charge on any atom is -0.297 e. The summed E-state index contributed by atoms with van der Waals surface area (Å²) in [6, 6.07) is 2.38. The number of pyridine rings is 1. The fourth-order valence-corrected chi connectivity index (χ4v) is 2.91. The molecule has 26 heavy (non-hydrogen) atoms. The SMILES string of the molecule is Cc1cc(-c2cnc3c(c2)N(CC(F)(F)F)C(=O)C2=CN=NC23)ncn1. The Hall–Kier alpha value is -3.17. The van der Waals surface area contributed by atoms with Gasteiger partial charge in [0.05, 0.1) is 28.8 Å². The Morgan fingerprint density at radius 3 is 2.73 bits per heavy atom. The molecule has 0 saturated heterocycles. The van der Waals surface area contributed by atoms with Gasteiger partial charge in [0.1, 0.15) is 18.9 Å². The molecule has 132 valence electrons. The number of aryl methyl sites for hydroxylation is 1. The molecule has 1 amide bonds. The first-order valence-corrected chi connectivity index (χ1v) is 7.61. The summed E-state index contributed by atoms with van der Waals surface area (Å²) in [5.74, 6) is -0.775. The summed E-state index contributed by atoms with van der Waals surface area (Å²) in [4.78, 5) is 25.6. The second-order valence-electron chi connectivity index (χ2n) is 5.90. The third-order valence-electron chi connectivity index (χ3n) is 4.05. The van der Waals surface area contributed by atoms with Crippen molar-refractivity contribution >= 4 is 11.6 Å². The van der Waals surface area contributed by atoms with Crippen LogP contribution < -0.4 is 4.90 Å². The number of carbonyl (C=O) groups is 1. The highest BCUT2D eigenvalue weighted by molar-refractivity contribution is 6.09. The third-order valence-corrected chi connectivity index (χ3v) is 4.05. The van der Waals surface area contributed by atoms with Gasteiger partial charge in [0, 0.05) is 17.5 Å². The lowest BCUT2D eigenvalue weighted by Gasteiger charge is -2.32. The quantitative estimate of drug-likeness (QED) is 0.824. The van der Waals surface area contributed by atoms with Crippen LogP contribution >= 0.6 is 0 Å². The van der Waals surface area contributed by atoms with Gasteiger partial charge in [0.15, 0.2) is 0 Å². The summed E-state index contributed by atoms with van der Waals surface area (Å²) < 4.78 is 39.1. The van der Waals surface area contributed by atoms with Gasteiger partial charge < -0.3 is 0 Å². The van der Waals surface area contributed by atoms with Crippen molar-refractivity contribution in [1.29, 1.82) is 0 Å². The van der Waals surface area contributed by atoms with E-state index in [9.17, 15) is 18.0 Å². The van der Waals surface area contributed by atoms with Gasteiger partial charge in [-0.05, 0) is 19.1 Å². The lowest BCUT2D eigenvalue weighted by atomic mass is 9.96. The molecular formula is C16H11F3N6O. The topological polar surface area (TPSA) is 83.7 Å². The number of hydrogen-bond acceptors (Lipinski definition) is 6. The van der Waals surface area contributed by atoms with E-state index < -0.39 is 24.7 Å². The van der Waals surface area contributed by atoms with E-state index in [0.717, 1.165) is 0 Å². The molecule has 2 aliphatic rings. The van der Waals surface area contributed by atoms with E-state index >= 15 is 0 Å². The number of hydrogen-bond donors (Lipinski definition) is 0. The molecule has 0 bridgehead atoms. The molecule has 1 unspecified atom stereocenters. The molecule has 2 aliphatic heterocycles. The molecule has 0 radical (unpaired) electrons. The minimum absolute atomic E-state index is 0.0593. The minimum atomic E-state index is -4.56. The number of carbonyl (C=O) groups excluding carboxylic acids is 1. The van der Waals surface area contributed by atoms with Crippen LogP contribution in [-0.2, 0) is 4.79 Å². The van der Waals surface area contributed by atoms with Crippen LogP contribution in [0.2, 0.25) is 0 Å². The van der Waals surface area contributed by atoms with Crippen LogP contribution in [0.1, 0.15) is 17.4 Å². The summed E-state index contributed by atoms with van der Waals surface area (Å²) in [7, 11) is 0. The van der Waals surface area contributed by atoms with E-state index in [1.165, 1.54) is 24.8 Å². The Morgan fingerprint density at radius 2 is 2.00 bits per heavy atom. The van der Waals surface area contributed by atoms with Crippen LogP contribution in [0.3, 0.4) is 0 Å². The largest absolute Gasteiger partial charge is 0.406 e. The average Bonchev–Trinajstić information content (AvgIpc) is 3.07. The first kappa shape index (κ1) is 16.3. The number of azo groups is 1. The van der Waals surface area contributed by atoms with Crippen LogP contribution in [0.4, 0.5) is 18.9 Å². The van der Waals surface area contributed by atoms with Gasteiger partial charge in [-0.1, -0.05) is 0 Å². The molecule has 0 aromatic carbocycles. The Labute approximate surface area is 145 Å². The molecule has 7 nitrogen and oxygen atoms in total. The highest BCUT2D eigenvalue weighted by Gasteiger charge is 2.43. The average molecular weight is 360 g/mol. The molecule has 0 fully saturated rings. The molecule has 2 aromatic heterocycles. The highest BCUT2D eigenvalue weighted by Crippen LogP contribution is 2.43. The maximum Gasteiger partial charge on any atom is 0.406 e. The zero-order valence-electron chi connectivity index (χ0n) is 13.4. The van der Waals surface area contributed by atoms with Crippen molar-refractivity contribution in [2.24, 2.45) is 10.2 Å². The second kappa shape index (κ2) is 5.68. The summed E-state index contributed by atoms with van der Waals surface area (Å²) in [6.07, 6.45) is -0.528. The molecular weight excluding hydrogens is 349 g/mol. The zero-order chi connectivity index (χ0) is 18.5. The number of halogens is 3. The first-order valence-electron chi connectivity index (χ1n) is 7.61. The van der Waals surface area contributed by atoms with E-state index in [-0.39, 0.29) is 17.0 Å². The second-order valence-corrected chi connectivity index (χ2v) is 5.90. The van der Waals surface area contributed by atoms with E-state index in [4.69, 9.17) is 0 Å². The summed E-state index contributed by atoms with van der Waals surface area (Å²) >= 11 is 0. The van der Waals surface area contributed by atoms with Crippen molar-refractivity contribution < 1.29 is 18.0 Å². The van der Waals surface area contributed by atoms with Gasteiger partial charge in [-0.3, -0.25) is 14.7 Å². The number of rotatable bonds is 2. The summed E-state index contributed by atoms with van der Waals surface area (Å²) in [5, 5.41) is 7.59. The molecule has 0 aliphatic carbocycles. The van der Waals surface area contributed by atoms with E-state index in [1.54, 1.807) is 13.0 Å². The number of amides is 1. The fourth-order valence-electron chi connectivity index (χ4n) is 2.91. The van der Waals surface area contributed by atoms with Gasteiger partial charge in [-0.15, -0.1) is 0 Å². The molecule has 0 saturated carbocycles. The van der Waals surface area contributed by atoms with Crippen LogP contribution in [0.15, 0.2) is 46.7 Å². The number of nitrogens with zero attached hydrogens (tertiary/aromatic N) is 6. The highest BCUT2D eigenvalue weighted by atomic mass is 19.4. The Bertz CT molecular complexity index is 969. The molecule has 0 N–H and O–H groups in total. The fraction of sp³-hybridized carbons (Fsp3) is 0.250. The zero-order valence-corrected chi connectivity index (χ0v) is 13.4. The predicted molar refractivity (Wildman–Crippen MR) is 84.1 cm³/mol. The van der Waals surface area contributed by atoms with Crippen LogP contribution in [0.5, 0.6) is 0 Å². The Balaban J connectivity index is 1.86. The summed E-state index contributed by atoms with van der Waals surface area (Å²) in [5.41, 5.74) is 2.09. The maximum atomic E-state index is 13.0. The molecule has 0 spiro atoms. The van der Waals surface area contributed by atoms with E-state index in [1.807, 2.05) is 0 Å². The lowest BCUT2D eigenvalue weighted by molar-refractivity contribution is -0.130. The molecule has 4 rings (SSSR count).